The highest BCUT2D eigenvalue weighted by Crippen LogP contribution is 2.36. The van der Waals surface area contributed by atoms with Crippen LogP contribution in [0.15, 0.2) is 0 Å². The zero-order chi connectivity index (χ0) is 19.0. The number of aryl methyl sites for hydroxylation is 1. The summed E-state index contributed by atoms with van der Waals surface area (Å²) in [5.41, 5.74) is 4.29. The molecule has 0 bridgehead atoms. The zero-order valence-corrected chi connectivity index (χ0v) is 18.0. The second-order valence-electron chi connectivity index (χ2n) is 10.1. The quantitative estimate of drug-likeness (QED) is 0.818. The highest BCUT2D eigenvalue weighted by atomic mass is 16.5. The normalized spacial score (nSPS) is 19.4. The fraction of sp³-hybridized carbons (Fsp3) is 0.857. The monoisotopic (exact) mass is 349 g/mol. The Morgan fingerprint density at radius 2 is 1.68 bits per heavy atom. The van der Waals surface area contributed by atoms with E-state index in [2.05, 4.69) is 71.9 Å². The first-order valence-electron chi connectivity index (χ1n) is 9.82. The third-order valence-corrected chi connectivity index (χ3v) is 4.95. The first kappa shape index (κ1) is 20.4. The van der Waals surface area contributed by atoms with Gasteiger partial charge in [-0.2, -0.15) is 5.10 Å². The average Bonchev–Trinajstić information content (AvgIpc) is 2.83. The lowest BCUT2D eigenvalue weighted by Crippen LogP contribution is -2.49. The van der Waals surface area contributed by atoms with Gasteiger partial charge in [0.05, 0.1) is 24.4 Å². The van der Waals surface area contributed by atoms with E-state index in [1.165, 1.54) is 17.0 Å². The van der Waals surface area contributed by atoms with E-state index in [-0.39, 0.29) is 16.4 Å². The van der Waals surface area contributed by atoms with Gasteiger partial charge in [-0.25, -0.2) is 0 Å². The molecule has 1 aromatic rings. The van der Waals surface area contributed by atoms with Gasteiger partial charge in [-0.15, -0.1) is 0 Å². The van der Waals surface area contributed by atoms with Crippen LogP contribution in [-0.4, -0.2) is 46.5 Å². The third-order valence-electron chi connectivity index (χ3n) is 4.95. The van der Waals surface area contributed by atoms with Crippen molar-refractivity contribution >= 4 is 0 Å². The van der Waals surface area contributed by atoms with Gasteiger partial charge in [0.15, 0.2) is 0 Å². The summed E-state index contributed by atoms with van der Waals surface area (Å²) >= 11 is 0. The Morgan fingerprint density at radius 3 is 2.16 bits per heavy atom. The molecule has 0 N–H and O–H groups in total. The molecule has 0 atom stereocenters. The average molecular weight is 350 g/mol. The maximum atomic E-state index is 5.85. The maximum Gasteiger partial charge on any atom is 0.0753 e. The smallest absolute Gasteiger partial charge is 0.0753 e. The number of morpholine rings is 1. The van der Waals surface area contributed by atoms with E-state index in [1.807, 2.05) is 0 Å². The van der Waals surface area contributed by atoms with Crippen molar-refractivity contribution in [3.8, 4) is 0 Å². The van der Waals surface area contributed by atoms with Crippen LogP contribution in [0.2, 0.25) is 0 Å². The zero-order valence-electron chi connectivity index (χ0n) is 18.0. The van der Waals surface area contributed by atoms with E-state index in [1.54, 1.807) is 0 Å². The van der Waals surface area contributed by atoms with Crippen molar-refractivity contribution in [1.82, 2.24) is 14.7 Å². The molecule has 0 amide bonds. The molecule has 1 aliphatic rings. The van der Waals surface area contributed by atoms with Crippen LogP contribution in [0.25, 0.3) is 0 Å². The summed E-state index contributed by atoms with van der Waals surface area (Å²) in [5.74, 6) is 0. The lowest BCUT2D eigenvalue weighted by atomic mass is 9.77. The van der Waals surface area contributed by atoms with Crippen molar-refractivity contribution in [2.75, 3.05) is 26.2 Å². The molecule has 1 saturated heterocycles. The van der Waals surface area contributed by atoms with Crippen molar-refractivity contribution in [3.63, 3.8) is 0 Å². The molecule has 2 rings (SSSR count). The molecule has 2 heterocycles. The van der Waals surface area contributed by atoms with E-state index in [0.29, 0.717) is 0 Å². The van der Waals surface area contributed by atoms with Gasteiger partial charge in [0.2, 0.25) is 0 Å². The fourth-order valence-electron chi connectivity index (χ4n) is 4.01. The van der Waals surface area contributed by atoms with E-state index in [0.717, 1.165) is 39.2 Å². The van der Waals surface area contributed by atoms with E-state index >= 15 is 0 Å². The number of hydrogen-bond acceptors (Lipinski definition) is 3. The van der Waals surface area contributed by atoms with E-state index in [4.69, 9.17) is 9.84 Å². The lowest BCUT2D eigenvalue weighted by Gasteiger charge is -2.38. The lowest BCUT2D eigenvalue weighted by molar-refractivity contribution is -0.0866. The summed E-state index contributed by atoms with van der Waals surface area (Å²) in [4.78, 5) is 2.51. The van der Waals surface area contributed by atoms with Crippen molar-refractivity contribution in [3.05, 3.63) is 17.0 Å². The van der Waals surface area contributed by atoms with Crippen molar-refractivity contribution in [2.45, 2.75) is 91.7 Å². The standard InChI is InChI=1S/C21H39N3O/c1-10-16-17(19(2,3)4)18(20(5,6)7)24(22-16)12-11-23-13-14-25-21(8,9)15-23/h10-15H2,1-9H3. The molecule has 1 aromatic heterocycles. The van der Waals surface area contributed by atoms with Crippen molar-refractivity contribution < 1.29 is 4.74 Å². The van der Waals surface area contributed by atoms with Crippen LogP contribution in [0, 0.1) is 0 Å². The SMILES string of the molecule is CCc1nn(CCN2CCOC(C)(C)C2)c(C(C)(C)C)c1C(C)(C)C. The maximum absolute atomic E-state index is 5.85. The van der Waals surface area contributed by atoms with Gasteiger partial charge in [0, 0.05) is 36.3 Å². The molecule has 25 heavy (non-hydrogen) atoms. The van der Waals surface area contributed by atoms with Gasteiger partial charge in [-0.1, -0.05) is 48.5 Å². The van der Waals surface area contributed by atoms with Crippen LogP contribution in [0.3, 0.4) is 0 Å². The Hall–Kier alpha value is -0.870. The summed E-state index contributed by atoms with van der Waals surface area (Å²) in [6, 6.07) is 0. The van der Waals surface area contributed by atoms with E-state index < -0.39 is 0 Å². The minimum atomic E-state index is -0.0413. The fourth-order valence-corrected chi connectivity index (χ4v) is 4.01. The van der Waals surface area contributed by atoms with E-state index in [9.17, 15) is 0 Å². The summed E-state index contributed by atoms with van der Waals surface area (Å²) in [6.07, 6.45) is 0.993. The minimum Gasteiger partial charge on any atom is -0.373 e. The van der Waals surface area contributed by atoms with Crippen LogP contribution in [-0.2, 0) is 28.5 Å². The largest absolute Gasteiger partial charge is 0.373 e. The molecule has 0 aliphatic carbocycles. The number of hydrogen-bond donors (Lipinski definition) is 0. The highest BCUT2D eigenvalue weighted by molar-refractivity contribution is 5.37. The Balaban J connectivity index is 2.30. The molecule has 4 heteroatoms. The van der Waals surface area contributed by atoms with Gasteiger partial charge in [-0.3, -0.25) is 9.58 Å². The summed E-state index contributed by atoms with van der Waals surface area (Å²) in [6.45, 7) is 25.3. The Kier molecular flexibility index (Phi) is 5.75. The van der Waals surface area contributed by atoms with Crippen LogP contribution >= 0.6 is 0 Å². The van der Waals surface area contributed by atoms with Crippen LogP contribution in [0.5, 0.6) is 0 Å². The first-order valence-corrected chi connectivity index (χ1v) is 9.82. The molecule has 0 saturated carbocycles. The number of rotatable bonds is 4. The second-order valence-corrected chi connectivity index (χ2v) is 10.1. The van der Waals surface area contributed by atoms with Gasteiger partial charge < -0.3 is 4.74 Å². The second kappa shape index (κ2) is 7.03. The molecule has 0 spiro atoms. The Labute approximate surface area is 154 Å². The summed E-state index contributed by atoms with van der Waals surface area (Å²) in [5, 5.41) is 5.04. The Bertz CT molecular complexity index is 588. The first-order chi connectivity index (χ1) is 11.3. The molecule has 0 radical (unpaired) electrons. The van der Waals surface area contributed by atoms with Gasteiger partial charge in [-0.05, 0) is 25.7 Å². The topological polar surface area (TPSA) is 30.3 Å². The summed E-state index contributed by atoms with van der Waals surface area (Å²) in [7, 11) is 0. The van der Waals surface area contributed by atoms with Gasteiger partial charge >= 0.3 is 0 Å². The molecule has 144 valence electrons. The summed E-state index contributed by atoms with van der Waals surface area (Å²) < 4.78 is 8.14. The highest BCUT2D eigenvalue weighted by Gasteiger charge is 2.33. The number of nitrogens with zero attached hydrogens (tertiary/aromatic N) is 3. The van der Waals surface area contributed by atoms with Crippen molar-refractivity contribution in [1.29, 1.82) is 0 Å². The Morgan fingerprint density at radius 1 is 1.04 bits per heavy atom. The molecular formula is C21H39N3O. The van der Waals surface area contributed by atoms with Crippen LogP contribution < -0.4 is 0 Å². The minimum absolute atomic E-state index is 0.0413. The number of ether oxygens (including phenoxy) is 1. The third kappa shape index (κ3) is 4.85. The molecule has 0 unspecified atom stereocenters. The van der Waals surface area contributed by atoms with Crippen LogP contribution in [0.4, 0.5) is 0 Å². The van der Waals surface area contributed by atoms with Gasteiger partial charge in [0.25, 0.3) is 0 Å². The molecule has 4 nitrogen and oxygen atoms in total. The molecule has 1 fully saturated rings. The molecular weight excluding hydrogens is 310 g/mol. The predicted molar refractivity (Wildman–Crippen MR) is 105 cm³/mol. The van der Waals surface area contributed by atoms with Crippen molar-refractivity contribution in [2.24, 2.45) is 0 Å². The number of aromatic nitrogens is 2. The van der Waals surface area contributed by atoms with Crippen LogP contribution in [0.1, 0.15) is 79.3 Å². The van der Waals surface area contributed by atoms with Gasteiger partial charge in [0.1, 0.15) is 0 Å². The molecule has 1 aliphatic heterocycles. The predicted octanol–water partition coefficient (Wildman–Crippen LogP) is 4.15. The molecule has 0 aromatic carbocycles.